The maximum absolute atomic E-state index is 6.06. The summed E-state index contributed by atoms with van der Waals surface area (Å²) >= 11 is 6.06. The van der Waals surface area contributed by atoms with Crippen molar-refractivity contribution in [3.05, 3.63) is 28.8 Å². The third-order valence-electron chi connectivity index (χ3n) is 3.10. The van der Waals surface area contributed by atoms with Crippen LogP contribution in [0.5, 0.6) is 0 Å². The summed E-state index contributed by atoms with van der Waals surface area (Å²) in [5.74, 6) is 1.31. The van der Waals surface area contributed by atoms with Gasteiger partial charge in [-0.2, -0.15) is 5.10 Å². The zero-order chi connectivity index (χ0) is 14.2. The van der Waals surface area contributed by atoms with Crippen LogP contribution in [-0.2, 0) is 0 Å². The van der Waals surface area contributed by atoms with Gasteiger partial charge in [-0.05, 0) is 32.9 Å². The van der Waals surface area contributed by atoms with E-state index < -0.39 is 0 Å². The van der Waals surface area contributed by atoms with Crippen molar-refractivity contribution in [2.24, 2.45) is 16.0 Å². The van der Waals surface area contributed by atoms with Gasteiger partial charge in [0.15, 0.2) is 0 Å². The predicted octanol–water partition coefficient (Wildman–Crippen LogP) is 4.80. The van der Waals surface area contributed by atoms with Crippen LogP contribution in [0.4, 0.5) is 5.69 Å². The SMILES string of the molecule is CC(C)=NN1C(C(C)C)=Nc2cc(Cl)ccc2C1C. The van der Waals surface area contributed by atoms with Gasteiger partial charge < -0.3 is 0 Å². The lowest BCUT2D eigenvalue weighted by molar-refractivity contribution is 0.332. The fourth-order valence-corrected chi connectivity index (χ4v) is 2.38. The van der Waals surface area contributed by atoms with Crippen molar-refractivity contribution in [1.29, 1.82) is 0 Å². The van der Waals surface area contributed by atoms with Crippen molar-refractivity contribution in [2.75, 3.05) is 0 Å². The lowest BCUT2D eigenvalue weighted by atomic mass is 10.0. The summed E-state index contributed by atoms with van der Waals surface area (Å²) in [6.45, 7) is 10.4. The molecule has 0 aliphatic carbocycles. The molecule has 1 aromatic carbocycles. The van der Waals surface area contributed by atoms with Crippen LogP contribution in [-0.4, -0.2) is 16.6 Å². The van der Waals surface area contributed by atoms with E-state index in [1.54, 1.807) is 0 Å². The molecule has 1 unspecified atom stereocenters. The van der Waals surface area contributed by atoms with E-state index in [9.17, 15) is 0 Å². The second kappa shape index (κ2) is 5.33. The largest absolute Gasteiger partial charge is 0.244 e. The number of rotatable bonds is 2. The Bertz CT molecular complexity index is 542. The minimum absolute atomic E-state index is 0.178. The lowest BCUT2D eigenvalue weighted by Gasteiger charge is -2.34. The first-order valence-corrected chi connectivity index (χ1v) is 6.97. The second-order valence-corrected chi connectivity index (χ2v) is 5.83. The number of hydrazone groups is 1. The molecule has 0 radical (unpaired) electrons. The van der Waals surface area contributed by atoms with Gasteiger partial charge in [-0.3, -0.25) is 0 Å². The highest BCUT2D eigenvalue weighted by atomic mass is 35.5. The molecule has 4 heteroatoms. The normalized spacial score (nSPS) is 18.2. The Balaban J connectivity index is 2.57. The molecule has 1 atom stereocenters. The van der Waals surface area contributed by atoms with E-state index in [1.165, 1.54) is 5.56 Å². The molecule has 1 aromatic rings. The van der Waals surface area contributed by atoms with Crippen molar-refractivity contribution in [1.82, 2.24) is 5.01 Å². The van der Waals surface area contributed by atoms with Crippen LogP contribution in [0.15, 0.2) is 28.3 Å². The van der Waals surface area contributed by atoms with Crippen LogP contribution in [0, 0.1) is 5.92 Å². The molecule has 3 nitrogen and oxygen atoms in total. The maximum Gasteiger partial charge on any atom is 0.128 e. The molecular weight excluding hydrogens is 258 g/mol. The first-order chi connectivity index (χ1) is 8.90. The molecule has 1 aliphatic heterocycles. The van der Waals surface area contributed by atoms with Gasteiger partial charge in [0.25, 0.3) is 0 Å². The number of fused-ring (bicyclic) bond motifs is 1. The molecule has 0 aromatic heterocycles. The van der Waals surface area contributed by atoms with Gasteiger partial charge in [-0.25, -0.2) is 10.0 Å². The quantitative estimate of drug-likeness (QED) is 0.714. The smallest absolute Gasteiger partial charge is 0.128 e. The fourth-order valence-electron chi connectivity index (χ4n) is 2.22. The number of halogens is 1. The van der Waals surface area contributed by atoms with Gasteiger partial charge in [0.2, 0.25) is 0 Å². The monoisotopic (exact) mass is 277 g/mol. The van der Waals surface area contributed by atoms with Crippen molar-refractivity contribution in [3.63, 3.8) is 0 Å². The number of nitrogens with zero attached hydrogens (tertiary/aromatic N) is 3. The van der Waals surface area contributed by atoms with E-state index in [1.807, 2.05) is 37.1 Å². The van der Waals surface area contributed by atoms with E-state index in [4.69, 9.17) is 16.6 Å². The summed E-state index contributed by atoms with van der Waals surface area (Å²) in [5.41, 5.74) is 3.15. The fraction of sp³-hybridized carbons (Fsp3) is 0.467. The Kier molecular flexibility index (Phi) is 3.95. The molecule has 0 amide bonds. The molecule has 102 valence electrons. The number of benzene rings is 1. The molecule has 0 N–H and O–H groups in total. The molecule has 1 heterocycles. The summed E-state index contributed by atoms with van der Waals surface area (Å²) in [5, 5.41) is 7.38. The van der Waals surface area contributed by atoms with Crippen LogP contribution in [0.3, 0.4) is 0 Å². The first-order valence-electron chi connectivity index (χ1n) is 6.59. The Morgan fingerprint density at radius 1 is 1.37 bits per heavy atom. The van der Waals surface area contributed by atoms with Crippen molar-refractivity contribution < 1.29 is 0 Å². The second-order valence-electron chi connectivity index (χ2n) is 5.40. The van der Waals surface area contributed by atoms with Gasteiger partial charge in [-0.1, -0.05) is 31.5 Å². The summed E-state index contributed by atoms with van der Waals surface area (Å²) in [4.78, 5) is 4.74. The molecule has 0 saturated carbocycles. The van der Waals surface area contributed by atoms with Crippen molar-refractivity contribution in [2.45, 2.75) is 40.7 Å². The Hall–Kier alpha value is -1.35. The van der Waals surface area contributed by atoms with E-state index in [-0.39, 0.29) is 6.04 Å². The van der Waals surface area contributed by atoms with Gasteiger partial charge in [0, 0.05) is 22.2 Å². The summed E-state index contributed by atoms with van der Waals surface area (Å²) in [6, 6.07) is 6.05. The Morgan fingerprint density at radius 2 is 2.05 bits per heavy atom. The van der Waals surface area contributed by atoms with Crippen molar-refractivity contribution in [3.8, 4) is 0 Å². The van der Waals surface area contributed by atoms with Crippen molar-refractivity contribution >= 4 is 28.8 Å². The zero-order valence-corrected chi connectivity index (χ0v) is 12.9. The molecule has 2 rings (SSSR count). The average Bonchev–Trinajstić information content (AvgIpc) is 2.31. The number of hydrogen-bond acceptors (Lipinski definition) is 3. The lowest BCUT2D eigenvalue weighted by Crippen LogP contribution is -2.35. The maximum atomic E-state index is 6.06. The van der Waals surface area contributed by atoms with E-state index >= 15 is 0 Å². The predicted molar refractivity (Wildman–Crippen MR) is 82.4 cm³/mol. The van der Waals surface area contributed by atoms with Crippen LogP contribution in [0.1, 0.15) is 46.2 Å². The molecule has 0 saturated heterocycles. The van der Waals surface area contributed by atoms with Crippen LogP contribution < -0.4 is 0 Å². The van der Waals surface area contributed by atoms with Gasteiger partial charge in [0.1, 0.15) is 5.84 Å². The van der Waals surface area contributed by atoms with Crippen LogP contribution >= 0.6 is 11.6 Å². The molecule has 19 heavy (non-hydrogen) atoms. The highest BCUT2D eigenvalue weighted by Crippen LogP contribution is 2.37. The first kappa shape index (κ1) is 14.1. The molecule has 1 aliphatic rings. The minimum Gasteiger partial charge on any atom is -0.244 e. The van der Waals surface area contributed by atoms with Crippen LogP contribution in [0.25, 0.3) is 0 Å². The molecular formula is C15H20ClN3. The minimum atomic E-state index is 0.178. The molecule has 0 spiro atoms. The van der Waals surface area contributed by atoms with E-state index in [0.717, 1.165) is 22.3 Å². The number of hydrogen-bond donors (Lipinski definition) is 0. The van der Waals surface area contributed by atoms with Crippen LogP contribution in [0.2, 0.25) is 5.02 Å². The zero-order valence-electron chi connectivity index (χ0n) is 12.1. The summed E-state index contributed by atoms with van der Waals surface area (Å²) in [6.07, 6.45) is 0. The number of amidine groups is 1. The molecule has 0 bridgehead atoms. The summed E-state index contributed by atoms with van der Waals surface area (Å²) < 4.78 is 0. The highest BCUT2D eigenvalue weighted by molar-refractivity contribution is 6.30. The third-order valence-corrected chi connectivity index (χ3v) is 3.34. The van der Waals surface area contributed by atoms with E-state index in [0.29, 0.717) is 5.92 Å². The van der Waals surface area contributed by atoms with Gasteiger partial charge >= 0.3 is 0 Å². The standard InChI is InChI=1S/C15H20ClN3/c1-9(2)15-17-14-8-12(16)6-7-13(14)11(5)19(15)18-10(3)4/h6-9,11H,1-5H3. The highest BCUT2D eigenvalue weighted by Gasteiger charge is 2.28. The summed E-state index contributed by atoms with van der Waals surface area (Å²) in [7, 11) is 0. The number of aliphatic imine (C=N–C) groups is 1. The van der Waals surface area contributed by atoms with Gasteiger partial charge in [0.05, 0.1) is 11.7 Å². The topological polar surface area (TPSA) is 28.0 Å². The average molecular weight is 278 g/mol. The third kappa shape index (κ3) is 2.81. The Labute approximate surface area is 120 Å². The Morgan fingerprint density at radius 3 is 2.63 bits per heavy atom. The molecule has 0 fully saturated rings. The van der Waals surface area contributed by atoms with E-state index in [2.05, 4.69) is 25.9 Å². The van der Waals surface area contributed by atoms with Gasteiger partial charge in [-0.15, -0.1) is 0 Å².